The van der Waals surface area contributed by atoms with Gasteiger partial charge in [0.05, 0.1) is 12.0 Å². The van der Waals surface area contributed by atoms with Crippen LogP contribution in [0.25, 0.3) is 10.7 Å². The van der Waals surface area contributed by atoms with Gasteiger partial charge < -0.3 is 14.2 Å². The smallest absolute Gasteiger partial charge is 0.227 e. The first kappa shape index (κ1) is 18.4. The molecule has 0 atom stereocenters. The number of halogens is 1. The lowest BCUT2D eigenvalue weighted by Gasteiger charge is -2.18. The van der Waals surface area contributed by atoms with Gasteiger partial charge in [0.1, 0.15) is 5.75 Å². The summed E-state index contributed by atoms with van der Waals surface area (Å²) in [5.41, 5.74) is 0.855. The third kappa shape index (κ3) is 4.42. The molecule has 3 rings (SSSR count). The van der Waals surface area contributed by atoms with Gasteiger partial charge in [-0.15, -0.1) is 11.3 Å². The SMILES string of the molecule is COc1ccc(Cl)cc1CN(C)C(=O)CCc1nc(-c2cccs2)no1. The number of rotatable bonds is 7. The number of carbonyl (C=O) groups excluding carboxylic acids is 1. The highest BCUT2D eigenvalue weighted by molar-refractivity contribution is 7.13. The second-order valence-electron chi connectivity index (χ2n) is 5.69. The molecule has 0 aliphatic heterocycles. The molecule has 1 amide bonds. The molecule has 0 radical (unpaired) electrons. The van der Waals surface area contributed by atoms with E-state index in [2.05, 4.69) is 10.1 Å². The zero-order valence-electron chi connectivity index (χ0n) is 14.4. The van der Waals surface area contributed by atoms with Crippen LogP contribution in [0.15, 0.2) is 40.2 Å². The Hall–Kier alpha value is -2.38. The Kier molecular flexibility index (Phi) is 5.90. The summed E-state index contributed by atoms with van der Waals surface area (Å²) in [7, 11) is 3.34. The summed E-state index contributed by atoms with van der Waals surface area (Å²) >= 11 is 7.58. The molecular formula is C18H18ClN3O3S. The Morgan fingerprint density at radius 1 is 1.38 bits per heavy atom. The fourth-order valence-electron chi connectivity index (χ4n) is 2.48. The van der Waals surface area contributed by atoms with E-state index >= 15 is 0 Å². The number of benzene rings is 1. The first-order chi connectivity index (χ1) is 12.6. The Bertz CT molecular complexity index is 880. The zero-order valence-corrected chi connectivity index (χ0v) is 16.0. The maximum absolute atomic E-state index is 12.4. The number of ether oxygens (including phenoxy) is 1. The molecule has 136 valence electrons. The summed E-state index contributed by atoms with van der Waals surface area (Å²) in [6.45, 7) is 0.410. The highest BCUT2D eigenvalue weighted by Crippen LogP contribution is 2.24. The number of nitrogens with zero attached hydrogens (tertiary/aromatic N) is 3. The molecule has 0 aliphatic carbocycles. The summed E-state index contributed by atoms with van der Waals surface area (Å²) in [5, 5.41) is 6.51. The molecule has 26 heavy (non-hydrogen) atoms. The predicted octanol–water partition coefficient (Wildman–Crippen LogP) is 4.05. The molecule has 0 saturated carbocycles. The maximum Gasteiger partial charge on any atom is 0.227 e. The number of hydrogen-bond acceptors (Lipinski definition) is 6. The van der Waals surface area contributed by atoms with Crippen LogP contribution in [0.4, 0.5) is 0 Å². The van der Waals surface area contributed by atoms with Crippen LogP contribution in [-0.2, 0) is 17.8 Å². The monoisotopic (exact) mass is 391 g/mol. The molecule has 2 aromatic heterocycles. The van der Waals surface area contributed by atoms with Crippen molar-refractivity contribution < 1.29 is 14.1 Å². The molecule has 3 aromatic rings. The van der Waals surface area contributed by atoms with E-state index in [4.69, 9.17) is 20.9 Å². The lowest BCUT2D eigenvalue weighted by Crippen LogP contribution is -2.26. The summed E-state index contributed by atoms with van der Waals surface area (Å²) in [6, 6.07) is 9.21. The third-order valence-corrected chi connectivity index (χ3v) is 4.94. The van der Waals surface area contributed by atoms with E-state index in [-0.39, 0.29) is 12.3 Å². The van der Waals surface area contributed by atoms with Crippen LogP contribution in [0.1, 0.15) is 17.9 Å². The number of carbonyl (C=O) groups is 1. The number of amides is 1. The molecule has 8 heteroatoms. The summed E-state index contributed by atoms with van der Waals surface area (Å²) in [4.78, 5) is 19.3. The fraction of sp³-hybridized carbons (Fsp3) is 0.278. The molecular weight excluding hydrogens is 374 g/mol. The van der Waals surface area contributed by atoms with Gasteiger partial charge in [0.25, 0.3) is 0 Å². The topological polar surface area (TPSA) is 68.5 Å². The first-order valence-electron chi connectivity index (χ1n) is 7.99. The summed E-state index contributed by atoms with van der Waals surface area (Å²) in [6.07, 6.45) is 0.680. The molecule has 0 aliphatic rings. The van der Waals surface area contributed by atoms with Gasteiger partial charge in [-0.3, -0.25) is 4.79 Å². The number of aromatic nitrogens is 2. The van der Waals surface area contributed by atoms with Crippen LogP contribution < -0.4 is 4.74 Å². The van der Waals surface area contributed by atoms with Gasteiger partial charge in [0, 0.05) is 37.0 Å². The van der Waals surface area contributed by atoms with Crippen molar-refractivity contribution >= 4 is 28.8 Å². The normalized spacial score (nSPS) is 10.7. The second-order valence-corrected chi connectivity index (χ2v) is 7.08. The van der Waals surface area contributed by atoms with Gasteiger partial charge in [-0.2, -0.15) is 4.98 Å². The summed E-state index contributed by atoms with van der Waals surface area (Å²) in [5.74, 6) is 1.68. The van der Waals surface area contributed by atoms with Crippen molar-refractivity contribution in [2.75, 3.05) is 14.2 Å². The second kappa shape index (κ2) is 8.33. The molecule has 1 aromatic carbocycles. The van der Waals surface area contributed by atoms with Crippen molar-refractivity contribution in [1.82, 2.24) is 15.0 Å². The van der Waals surface area contributed by atoms with Crippen molar-refractivity contribution in [3.05, 3.63) is 52.2 Å². The van der Waals surface area contributed by atoms with Gasteiger partial charge in [0.2, 0.25) is 17.6 Å². The molecule has 2 heterocycles. The zero-order chi connectivity index (χ0) is 18.5. The van der Waals surface area contributed by atoms with Crippen LogP contribution in [0.2, 0.25) is 5.02 Å². The minimum absolute atomic E-state index is 0.0251. The van der Waals surface area contributed by atoms with Crippen molar-refractivity contribution in [3.8, 4) is 16.5 Å². The standard InChI is InChI=1S/C18H18ClN3O3S/c1-22(11-12-10-13(19)5-6-14(12)24-2)17(23)8-7-16-20-18(21-25-16)15-4-3-9-26-15/h3-6,9-10H,7-8,11H2,1-2H3. The molecule has 6 nitrogen and oxygen atoms in total. The quantitative estimate of drug-likeness (QED) is 0.607. The molecule has 0 spiro atoms. The lowest BCUT2D eigenvalue weighted by atomic mass is 10.2. The predicted molar refractivity (Wildman–Crippen MR) is 100 cm³/mol. The molecule has 0 saturated heterocycles. The average molecular weight is 392 g/mol. The number of hydrogen-bond donors (Lipinski definition) is 0. The number of thiophene rings is 1. The molecule has 0 unspecified atom stereocenters. The minimum Gasteiger partial charge on any atom is -0.496 e. The van der Waals surface area contributed by atoms with Crippen molar-refractivity contribution in [3.63, 3.8) is 0 Å². The van der Waals surface area contributed by atoms with Crippen LogP contribution in [0, 0.1) is 0 Å². The fourth-order valence-corrected chi connectivity index (χ4v) is 3.33. The Morgan fingerprint density at radius 2 is 2.23 bits per heavy atom. The van der Waals surface area contributed by atoms with Gasteiger partial charge in [0.15, 0.2) is 0 Å². The lowest BCUT2D eigenvalue weighted by molar-refractivity contribution is -0.130. The van der Waals surface area contributed by atoms with Crippen molar-refractivity contribution in [2.45, 2.75) is 19.4 Å². The Balaban J connectivity index is 1.57. The van der Waals surface area contributed by atoms with Gasteiger partial charge in [-0.05, 0) is 29.6 Å². The Labute approximate surface area is 160 Å². The molecule has 0 bridgehead atoms. The number of methoxy groups -OCH3 is 1. The van der Waals surface area contributed by atoms with E-state index < -0.39 is 0 Å². The highest BCUT2D eigenvalue weighted by Gasteiger charge is 2.15. The van der Waals surface area contributed by atoms with E-state index in [1.54, 1.807) is 48.6 Å². The van der Waals surface area contributed by atoms with Gasteiger partial charge in [-0.1, -0.05) is 22.8 Å². The van der Waals surface area contributed by atoms with Gasteiger partial charge in [-0.25, -0.2) is 0 Å². The van der Waals surface area contributed by atoms with Crippen LogP contribution in [0.3, 0.4) is 0 Å². The van der Waals surface area contributed by atoms with Crippen LogP contribution in [0.5, 0.6) is 5.75 Å². The van der Waals surface area contributed by atoms with E-state index in [1.807, 2.05) is 17.5 Å². The van der Waals surface area contributed by atoms with E-state index in [0.717, 1.165) is 10.4 Å². The van der Waals surface area contributed by atoms with Crippen molar-refractivity contribution in [1.29, 1.82) is 0 Å². The largest absolute Gasteiger partial charge is 0.496 e. The summed E-state index contributed by atoms with van der Waals surface area (Å²) < 4.78 is 10.5. The van der Waals surface area contributed by atoms with Crippen molar-refractivity contribution in [2.24, 2.45) is 0 Å². The van der Waals surface area contributed by atoms with E-state index in [1.165, 1.54) is 0 Å². The van der Waals surface area contributed by atoms with E-state index in [0.29, 0.717) is 35.5 Å². The number of aryl methyl sites for hydroxylation is 1. The van der Waals surface area contributed by atoms with Gasteiger partial charge >= 0.3 is 0 Å². The molecule has 0 N–H and O–H groups in total. The first-order valence-corrected chi connectivity index (χ1v) is 9.25. The van der Waals surface area contributed by atoms with E-state index in [9.17, 15) is 4.79 Å². The average Bonchev–Trinajstić information content (AvgIpc) is 3.31. The Morgan fingerprint density at radius 3 is 2.96 bits per heavy atom. The molecule has 0 fully saturated rings. The van der Waals surface area contributed by atoms with Crippen LogP contribution in [-0.4, -0.2) is 35.1 Å². The highest BCUT2D eigenvalue weighted by atomic mass is 35.5. The minimum atomic E-state index is -0.0251. The maximum atomic E-state index is 12.4. The van der Waals surface area contributed by atoms with Crippen LogP contribution >= 0.6 is 22.9 Å². The third-order valence-electron chi connectivity index (χ3n) is 3.84.